The maximum Gasteiger partial charge on any atom is 0.266 e. The summed E-state index contributed by atoms with van der Waals surface area (Å²) in [5, 5.41) is 12.2. The maximum atomic E-state index is 14.0. The molecule has 0 bridgehead atoms. The van der Waals surface area contributed by atoms with Gasteiger partial charge in [0.2, 0.25) is 0 Å². The third-order valence-electron chi connectivity index (χ3n) is 4.14. The van der Waals surface area contributed by atoms with Gasteiger partial charge in [-0.1, -0.05) is 58.4 Å². The first-order valence-corrected chi connectivity index (χ1v) is 9.36. The molecule has 3 aromatic carbocycles. The lowest BCUT2D eigenvalue weighted by Crippen LogP contribution is -2.13. The molecule has 0 spiro atoms. The molecule has 1 N–H and O–H groups in total. The molecule has 138 valence electrons. The predicted molar refractivity (Wildman–Crippen MR) is 112 cm³/mol. The van der Waals surface area contributed by atoms with Crippen molar-refractivity contribution in [3.8, 4) is 6.07 Å². The van der Waals surface area contributed by atoms with Crippen molar-refractivity contribution in [3.63, 3.8) is 0 Å². The molecule has 3 rings (SSSR count). The van der Waals surface area contributed by atoms with Gasteiger partial charge in [0.15, 0.2) is 0 Å². The van der Waals surface area contributed by atoms with Gasteiger partial charge in [-0.05, 0) is 53.1 Å². The zero-order valence-corrected chi connectivity index (χ0v) is 16.4. The normalized spacial score (nSPS) is 11.0. The number of carbonyl (C=O) groups excluding carboxylic acids is 1. The molecule has 0 radical (unpaired) electrons. The van der Waals surface area contributed by atoms with E-state index in [1.54, 1.807) is 42.5 Å². The molecule has 0 saturated heterocycles. The molecule has 0 aliphatic carbocycles. The number of para-hydroxylation sites is 1. The molecule has 1 amide bonds. The third-order valence-corrected chi connectivity index (χ3v) is 4.64. The Morgan fingerprint density at radius 2 is 1.75 bits per heavy atom. The van der Waals surface area contributed by atoms with Gasteiger partial charge in [-0.2, -0.15) is 5.26 Å². The summed E-state index contributed by atoms with van der Waals surface area (Å²) in [6.07, 6.45) is 1.88. The van der Waals surface area contributed by atoms with Crippen molar-refractivity contribution in [2.45, 2.75) is 6.42 Å². The van der Waals surface area contributed by atoms with Crippen LogP contribution in [0.3, 0.4) is 0 Å². The highest BCUT2D eigenvalue weighted by Crippen LogP contribution is 2.23. The van der Waals surface area contributed by atoms with Crippen molar-refractivity contribution >= 4 is 33.6 Å². The molecule has 3 aromatic rings. The van der Waals surface area contributed by atoms with Gasteiger partial charge in [-0.25, -0.2) is 4.39 Å². The van der Waals surface area contributed by atoms with Crippen LogP contribution in [-0.4, -0.2) is 5.91 Å². The number of rotatable bonds is 5. The van der Waals surface area contributed by atoms with E-state index in [-0.39, 0.29) is 11.4 Å². The number of nitrogens with zero attached hydrogens (tertiary/aromatic N) is 1. The Kier molecular flexibility index (Phi) is 6.36. The van der Waals surface area contributed by atoms with Crippen LogP contribution >= 0.6 is 15.9 Å². The van der Waals surface area contributed by atoms with Gasteiger partial charge in [0.05, 0.1) is 0 Å². The highest BCUT2D eigenvalue weighted by Gasteiger charge is 2.12. The third kappa shape index (κ3) is 4.93. The minimum atomic E-state index is -0.495. The fraction of sp³-hybridized carbons (Fsp3) is 0.0435. The number of nitrogens with one attached hydrogen (secondary N) is 1. The summed E-state index contributed by atoms with van der Waals surface area (Å²) in [5.41, 5.74) is 2.61. The molecular weight excluding hydrogens is 419 g/mol. The molecule has 0 unspecified atom stereocenters. The van der Waals surface area contributed by atoms with E-state index in [0.29, 0.717) is 23.2 Å². The number of amides is 1. The molecular formula is C23H16BrFN2O. The molecule has 28 heavy (non-hydrogen) atoms. The van der Waals surface area contributed by atoms with Gasteiger partial charge in [0.25, 0.3) is 5.91 Å². The van der Waals surface area contributed by atoms with Crippen molar-refractivity contribution in [3.05, 3.63) is 105 Å². The lowest BCUT2D eigenvalue weighted by Gasteiger charge is -2.09. The lowest BCUT2D eigenvalue weighted by atomic mass is 9.98. The van der Waals surface area contributed by atoms with Crippen LogP contribution in [0.4, 0.5) is 10.1 Å². The first kappa shape index (κ1) is 19.5. The van der Waals surface area contributed by atoms with E-state index in [0.717, 1.165) is 10.0 Å². The van der Waals surface area contributed by atoms with Crippen LogP contribution in [0.1, 0.15) is 16.7 Å². The minimum absolute atomic E-state index is 0.0308. The van der Waals surface area contributed by atoms with Gasteiger partial charge in [0, 0.05) is 16.6 Å². The van der Waals surface area contributed by atoms with Crippen molar-refractivity contribution in [2.75, 3.05) is 5.32 Å². The fourth-order valence-electron chi connectivity index (χ4n) is 2.73. The number of hydrogen-bond donors (Lipinski definition) is 1. The SMILES string of the molecule is N#C/C(=C\c1cc(Br)ccc1Cc1ccccc1F)C(=O)Nc1ccccc1. The fourth-order valence-corrected chi connectivity index (χ4v) is 3.11. The van der Waals surface area contributed by atoms with E-state index in [1.807, 2.05) is 30.3 Å². The minimum Gasteiger partial charge on any atom is -0.321 e. The van der Waals surface area contributed by atoms with Crippen molar-refractivity contribution in [2.24, 2.45) is 0 Å². The number of carbonyl (C=O) groups is 1. The number of benzene rings is 3. The Morgan fingerprint density at radius 1 is 1.04 bits per heavy atom. The largest absolute Gasteiger partial charge is 0.321 e. The first-order chi connectivity index (χ1) is 13.6. The summed E-state index contributed by atoms with van der Waals surface area (Å²) < 4.78 is 14.8. The molecule has 0 heterocycles. The van der Waals surface area contributed by atoms with Gasteiger partial charge in [-0.3, -0.25) is 4.79 Å². The Balaban J connectivity index is 1.92. The van der Waals surface area contributed by atoms with Gasteiger partial charge in [0.1, 0.15) is 17.5 Å². The van der Waals surface area contributed by atoms with E-state index >= 15 is 0 Å². The Hall–Kier alpha value is -3.23. The van der Waals surface area contributed by atoms with Crippen LogP contribution in [0.5, 0.6) is 0 Å². The monoisotopic (exact) mass is 434 g/mol. The summed E-state index contributed by atoms with van der Waals surface area (Å²) in [5.74, 6) is -0.784. The van der Waals surface area contributed by atoms with Crippen molar-refractivity contribution in [1.82, 2.24) is 0 Å². The van der Waals surface area contributed by atoms with E-state index in [1.165, 1.54) is 12.1 Å². The summed E-state index contributed by atoms with van der Waals surface area (Å²) >= 11 is 3.41. The van der Waals surface area contributed by atoms with Crippen LogP contribution in [0.25, 0.3) is 6.08 Å². The maximum absolute atomic E-state index is 14.0. The summed E-state index contributed by atoms with van der Waals surface area (Å²) in [6, 6.07) is 22.9. The molecule has 0 fully saturated rings. The average molecular weight is 435 g/mol. The van der Waals surface area contributed by atoms with Crippen LogP contribution in [0, 0.1) is 17.1 Å². The zero-order valence-electron chi connectivity index (χ0n) is 14.8. The molecule has 0 atom stereocenters. The Bertz CT molecular complexity index is 1070. The first-order valence-electron chi connectivity index (χ1n) is 8.57. The predicted octanol–water partition coefficient (Wildman–Crippen LogP) is 5.72. The van der Waals surface area contributed by atoms with E-state index < -0.39 is 5.91 Å². The van der Waals surface area contributed by atoms with Crippen LogP contribution in [0.15, 0.2) is 82.8 Å². The summed E-state index contributed by atoms with van der Waals surface area (Å²) in [7, 11) is 0. The van der Waals surface area contributed by atoms with Gasteiger partial charge < -0.3 is 5.32 Å². The van der Waals surface area contributed by atoms with Crippen LogP contribution in [0.2, 0.25) is 0 Å². The molecule has 0 aromatic heterocycles. The van der Waals surface area contributed by atoms with Gasteiger partial charge in [-0.15, -0.1) is 0 Å². The second kappa shape index (κ2) is 9.12. The molecule has 5 heteroatoms. The molecule has 0 aliphatic rings. The molecule has 0 aliphatic heterocycles. The van der Waals surface area contributed by atoms with Crippen LogP contribution < -0.4 is 5.32 Å². The quantitative estimate of drug-likeness (QED) is 0.412. The average Bonchev–Trinajstić information content (AvgIpc) is 2.70. The second-order valence-corrected chi connectivity index (χ2v) is 7.02. The van der Waals surface area contributed by atoms with E-state index in [2.05, 4.69) is 21.2 Å². The number of halogens is 2. The zero-order chi connectivity index (χ0) is 19.9. The second-order valence-electron chi connectivity index (χ2n) is 6.10. The van der Waals surface area contributed by atoms with Crippen molar-refractivity contribution in [1.29, 1.82) is 5.26 Å². The lowest BCUT2D eigenvalue weighted by molar-refractivity contribution is -0.112. The highest BCUT2D eigenvalue weighted by molar-refractivity contribution is 9.10. The number of nitriles is 1. The number of anilines is 1. The highest BCUT2D eigenvalue weighted by atomic mass is 79.9. The molecule has 3 nitrogen and oxygen atoms in total. The van der Waals surface area contributed by atoms with Gasteiger partial charge >= 0.3 is 0 Å². The molecule has 0 saturated carbocycles. The number of hydrogen-bond acceptors (Lipinski definition) is 2. The topological polar surface area (TPSA) is 52.9 Å². The van der Waals surface area contributed by atoms with Crippen LogP contribution in [-0.2, 0) is 11.2 Å². The smallest absolute Gasteiger partial charge is 0.266 e. The summed E-state index contributed by atoms with van der Waals surface area (Å²) in [6.45, 7) is 0. The van der Waals surface area contributed by atoms with E-state index in [9.17, 15) is 14.4 Å². The summed E-state index contributed by atoms with van der Waals surface area (Å²) in [4.78, 5) is 12.5. The Morgan fingerprint density at radius 3 is 2.46 bits per heavy atom. The standard InChI is InChI=1S/C23H16BrFN2O/c24-20-11-10-16(12-17-6-4-5-9-22(17)25)18(14-20)13-19(15-26)23(28)27-21-7-2-1-3-8-21/h1-11,13-14H,12H2,(H,27,28)/b19-13+. The van der Waals surface area contributed by atoms with E-state index in [4.69, 9.17) is 0 Å². The Labute approximate surface area is 171 Å². The van der Waals surface area contributed by atoms with Crippen molar-refractivity contribution < 1.29 is 9.18 Å².